The van der Waals surface area contributed by atoms with Crippen molar-refractivity contribution in [2.45, 2.75) is 52.5 Å². The molecule has 164 valence electrons. The summed E-state index contributed by atoms with van der Waals surface area (Å²) in [5.74, 6) is 2.01. The maximum atomic E-state index is 12.4. The van der Waals surface area contributed by atoms with Crippen molar-refractivity contribution in [1.82, 2.24) is 20.4 Å². The van der Waals surface area contributed by atoms with E-state index in [1.807, 2.05) is 12.1 Å². The van der Waals surface area contributed by atoms with E-state index in [0.717, 1.165) is 31.9 Å². The van der Waals surface area contributed by atoms with Crippen molar-refractivity contribution in [2.24, 2.45) is 5.92 Å². The Kier molecular flexibility index (Phi) is 7.99. The van der Waals surface area contributed by atoms with Crippen molar-refractivity contribution in [3.63, 3.8) is 0 Å². The van der Waals surface area contributed by atoms with Crippen LogP contribution in [0.5, 0.6) is 0 Å². The van der Waals surface area contributed by atoms with E-state index in [2.05, 4.69) is 60.2 Å². The maximum Gasteiger partial charge on any atom is 0.227 e. The molecule has 0 radical (unpaired) electrons. The van der Waals surface area contributed by atoms with Gasteiger partial charge in [-0.25, -0.2) is 0 Å². The van der Waals surface area contributed by atoms with E-state index in [1.54, 1.807) is 0 Å². The monoisotopic (exact) mass is 414 g/mol. The third-order valence-corrected chi connectivity index (χ3v) is 5.66. The molecule has 0 saturated carbocycles. The lowest BCUT2D eigenvalue weighted by molar-refractivity contribution is -0.121. The van der Waals surface area contributed by atoms with E-state index in [9.17, 15) is 4.79 Å². The first-order valence-electron chi connectivity index (χ1n) is 11.0. The van der Waals surface area contributed by atoms with Crippen molar-refractivity contribution in [3.05, 3.63) is 35.7 Å². The van der Waals surface area contributed by atoms with Crippen molar-refractivity contribution in [3.8, 4) is 11.4 Å². The summed E-state index contributed by atoms with van der Waals surface area (Å²) >= 11 is 0. The van der Waals surface area contributed by atoms with E-state index in [-0.39, 0.29) is 5.91 Å². The molecule has 0 bridgehead atoms. The molecule has 7 nitrogen and oxygen atoms in total. The van der Waals surface area contributed by atoms with Gasteiger partial charge in [-0.05, 0) is 17.4 Å². The van der Waals surface area contributed by atoms with Gasteiger partial charge in [0.2, 0.25) is 17.6 Å². The van der Waals surface area contributed by atoms with E-state index in [4.69, 9.17) is 9.26 Å². The Morgan fingerprint density at radius 1 is 1.13 bits per heavy atom. The molecule has 1 aliphatic heterocycles. The van der Waals surface area contributed by atoms with Crippen LogP contribution in [0, 0.1) is 5.92 Å². The molecule has 2 heterocycles. The number of rotatable bonds is 9. The Bertz CT molecular complexity index is 795. The molecular weight excluding hydrogens is 380 g/mol. The third kappa shape index (κ3) is 6.12. The van der Waals surface area contributed by atoms with Crippen LogP contribution < -0.4 is 5.32 Å². The molecule has 0 aliphatic carbocycles. The van der Waals surface area contributed by atoms with Crippen LogP contribution in [0.2, 0.25) is 0 Å². The fraction of sp³-hybridized carbons (Fsp3) is 0.609. The minimum absolute atomic E-state index is 0.00921. The molecule has 0 spiro atoms. The van der Waals surface area contributed by atoms with Gasteiger partial charge in [0, 0.05) is 44.1 Å². The van der Waals surface area contributed by atoms with Gasteiger partial charge in [0.15, 0.2) is 0 Å². The molecule has 1 aromatic carbocycles. The lowest BCUT2D eigenvalue weighted by Gasteiger charge is -2.36. The van der Waals surface area contributed by atoms with E-state index in [1.165, 1.54) is 5.56 Å². The Morgan fingerprint density at radius 3 is 2.47 bits per heavy atom. The molecule has 1 atom stereocenters. The number of morpholine rings is 1. The second kappa shape index (κ2) is 10.7. The molecule has 1 saturated heterocycles. The number of benzene rings is 1. The fourth-order valence-corrected chi connectivity index (χ4v) is 3.71. The van der Waals surface area contributed by atoms with E-state index in [0.29, 0.717) is 49.0 Å². The van der Waals surface area contributed by atoms with Gasteiger partial charge in [0.1, 0.15) is 0 Å². The lowest BCUT2D eigenvalue weighted by Crippen LogP contribution is -2.51. The van der Waals surface area contributed by atoms with Crippen LogP contribution in [-0.2, 0) is 16.0 Å². The number of ether oxygens (including phenoxy) is 1. The van der Waals surface area contributed by atoms with Gasteiger partial charge >= 0.3 is 0 Å². The number of carbonyl (C=O) groups excluding carboxylic acids is 1. The summed E-state index contributed by atoms with van der Waals surface area (Å²) in [5.41, 5.74) is 2.19. The zero-order valence-electron chi connectivity index (χ0n) is 18.6. The van der Waals surface area contributed by atoms with Crippen LogP contribution in [0.4, 0.5) is 0 Å². The normalized spacial score (nSPS) is 16.2. The average Bonchev–Trinajstić information content (AvgIpc) is 3.22. The molecule has 1 N–H and O–H groups in total. The fourth-order valence-electron chi connectivity index (χ4n) is 3.71. The highest BCUT2D eigenvalue weighted by molar-refractivity contribution is 5.76. The molecular formula is C23H34N4O3. The molecule has 7 heteroatoms. The predicted octanol–water partition coefficient (Wildman–Crippen LogP) is 3.27. The van der Waals surface area contributed by atoms with Crippen molar-refractivity contribution in [1.29, 1.82) is 0 Å². The smallest absolute Gasteiger partial charge is 0.227 e. The predicted molar refractivity (Wildman–Crippen MR) is 116 cm³/mol. The van der Waals surface area contributed by atoms with Crippen LogP contribution in [0.3, 0.4) is 0 Å². The van der Waals surface area contributed by atoms with Crippen LogP contribution in [0.15, 0.2) is 28.8 Å². The summed E-state index contributed by atoms with van der Waals surface area (Å²) in [6.45, 7) is 12.7. The van der Waals surface area contributed by atoms with Crippen molar-refractivity contribution < 1.29 is 14.1 Å². The van der Waals surface area contributed by atoms with E-state index < -0.39 is 0 Å². The molecule has 3 rings (SSSR count). The van der Waals surface area contributed by atoms with Gasteiger partial charge in [0.05, 0.1) is 13.2 Å². The van der Waals surface area contributed by atoms with E-state index >= 15 is 0 Å². The topological polar surface area (TPSA) is 80.5 Å². The molecule has 2 aromatic rings. The molecule has 30 heavy (non-hydrogen) atoms. The number of aryl methyl sites for hydroxylation is 1. The van der Waals surface area contributed by atoms with Gasteiger partial charge < -0.3 is 14.6 Å². The van der Waals surface area contributed by atoms with Crippen LogP contribution >= 0.6 is 0 Å². The van der Waals surface area contributed by atoms with Crippen LogP contribution in [0.1, 0.15) is 51.5 Å². The molecule has 1 aliphatic rings. The molecule has 1 unspecified atom stereocenters. The highest BCUT2D eigenvalue weighted by atomic mass is 16.5. The second-order valence-electron chi connectivity index (χ2n) is 8.55. The van der Waals surface area contributed by atoms with Gasteiger partial charge in [-0.15, -0.1) is 0 Å². The minimum atomic E-state index is 0.00921. The number of aromatic nitrogens is 2. The Balaban J connectivity index is 1.47. The summed E-state index contributed by atoms with van der Waals surface area (Å²) in [5, 5.41) is 7.14. The first-order valence-corrected chi connectivity index (χ1v) is 11.0. The number of nitrogens with zero attached hydrogens (tertiary/aromatic N) is 3. The van der Waals surface area contributed by atoms with Crippen LogP contribution in [-0.4, -0.2) is 59.8 Å². The highest BCUT2D eigenvalue weighted by Gasteiger charge is 2.24. The first-order chi connectivity index (χ1) is 14.4. The summed E-state index contributed by atoms with van der Waals surface area (Å²) in [6.07, 6.45) is 0.772. The van der Waals surface area contributed by atoms with Crippen molar-refractivity contribution in [2.75, 3.05) is 32.8 Å². The average molecular weight is 415 g/mol. The largest absolute Gasteiger partial charge is 0.379 e. The number of hydrogen-bond donors (Lipinski definition) is 1. The molecule has 1 fully saturated rings. The quantitative estimate of drug-likeness (QED) is 0.678. The Labute approximate surface area is 179 Å². The number of hydrogen-bond acceptors (Lipinski definition) is 6. The summed E-state index contributed by atoms with van der Waals surface area (Å²) in [6, 6.07) is 8.51. The standard InChI is InChI=1S/C23H34N4O3/c1-16(2)18-5-7-19(8-6-18)23-25-22(30-26-23)10-9-21(28)24-15-20(17(3)4)27-11-13-29-14-12-27/h5-8,16-17,20H,9-15H2,1-4H3,(H,24,28). The molecule has 1 aromatic heterocycles. The number of nitrogens with one attached hydrogen (secondary N) is 1. The van der Waals surface area contributed by atoms with Gasteiger partial charge in [-0.1, -0.05) is 57.1 Å². The van der Waals surface area contributed by atoms with Gasteiger partial charge in [-0.2, -0.15) is 4.98 Å². The zero-order chi connectivity index (χ0) is 21.5. The Morgan fingerprint density at radius 2 is 1.83 bits per heavy atom. The van der Waals surface area contributed by atoms with Crippen molar-refractivity contribution >= 4 is 5.91 Å². The SMILES string of the molecule is CC(C)c1ccc(-c2noc(CCC(=O)NCC(C(C)C)N3CCOCC3)n2)cc1. The molecule has 1 amide bonds. The Hall–Kier alpha value is -2.25. The second-order valence-corrected chi connectivity index (χ2v) is 8.55. The summed E-state index contributed by atoms with van der Waals surface area (Å²) < 4.78 is 10.8. The van der Waals surface area contributed by atoms with Gasteiger partial charge in [-0.3, -0.25) is 9.69 Å². The maximum absolute atomic E-state index is 12.4. The first kappa shape index (κ1) is 22.4. The minimum Gasteiger partial charge on any atom is -0.379 e. The zero-order valence-corrected chi connectivity index (χ0v) is 18.6. The summed E-state index contributed by atoms with van der Waals surface area (Å²) in [4.78, 5) is 19.2. The van der Waals surface area contributed by atoms with Crippen LogP contribution in [0.25, 0.3) is 11.4 Å². The summed E-state index contributed by atoms with van der Waals surface area (Å²) in [7, 11) is 0. The highest BCUT2D eigenvalue weighted by Crippen LogP contribution is 2.20. The lowest BCUT2D eigenvalue weighted by atomic mass is 10.0. The van der Waals surface area contributed by atoms with Gasteiger partial charge in [0.25, 0.3) is 0 Å². The number of carbonyl (C=O) groups is 1. The number of amides is 1. The third-order valence-electron chi connectivity index (χ3n) is 5.66.